The van der Waals surface area contributed by atoms with Gasteiger partial charge in [-0.25, -0.2) is 0 Å². The highest BCUT2D eigenvalue weighted by Crippen LogP contribution is 2.27. The van der Waals surface area contributed by atoms with E-state index in [0.717, 1.165) is 32.4 Å². The van der Waals surface area contributed by atoms with E-state index in [1.54, 1.807) is 0 Å². The zero-order valence-corrected chi connectivity index (χ0v) is 9.32. The molecule has 15 heavy (non-hydrogen) atoms. The van der Waals surface area contributed by atoms with Crippen LogP contribution in [0.5, 0.6) is 0 Å². The molecule has 2 aliphatic heterocycles. The Hall–Kier alpha value is -0.610. The first-order chi connectivity index (χ1) is 7.24. The predicted octanol–water partition coefficient (Wildman–Crippen LogP) is 0.361. The van der Waals surface area contributed by atoms with Gasteiger partial charge in [-0.05, 0) is 19.3 Å². The summed E-state index contributed by atoms with van der Waals surface area (Å²) in [4.78, 5) is 14.0. The lowest BCUT2D eigenvalue weighted by molar-refractivity contribution is -0.144. The topological polar surface area (TPSA) is 55.6 Å². The first-order valence-electron chi connectivity index (χ1n) is 5.89. The van der Waals surface area contributed by atoms with Crippen molar-refractivity contribution < 1.29 is 9.53 Å². The van der Waals surface area contributed by atoms with Crippen molar-refractivity contribution in [3.05, 3.63) is 0 Å². The molecule has 0 saturated carbocycles. The zero-order valence-electron chi connectivity index (χ0n) is 9.32. The summed E-state index contributed by atoms with van der Waals surface area (Å²) in [5, 5.41) is 0. The third-order valence-corrected chi connectivity index (χ3v) is 3.48. The van der Waals surface area contributed by atoms with Gasteiger partial charge in [0, 0.05) is 19.6 Å². The molecule has 3 unspecified atom stereocenters. The molecule has 2 aliphatic rings. The van der Waals surface area contributed by atoms with E-state index in [0.29, 0.717) is 6.54 Å². The van der Waals surface area contributed by atoms with Crippen molar-refractivity contribution in [1.82, 2.24) is 4.90 Å². The van der Waals surface area contributed by atoms with E-state index in [1.807, 2.05) is 11.8 Å². The standard InChI is InChI=1S/C11H20N2O2/c1-2-8(5-12)11(14)13-6-9-3-4-10(7-13)15-9/h8-10H,2-7,12H2,1H3. The SMILES string of the molecule is CCC(CN)C(=O)N1CC2CCC(C1)O2. The van der Waals surface area contributed by atoms with Crippen molar-refractivity contribution >= 4 is 5.91 Å². The molecule has 2 heterocycles. The quantitative estimate of drug-likeness (QED) is 0.735. The first-order valence-corrected chi connectivity index (χ1v) is 5.89. The second kappa shape index (κ2) is 4.49. The molecule has 1 amide bonds. The number of hydrogen-bond donors (Lipinski definition) is 1. The summed E-state index contributed by atoms with van der Waals surface area (Å²) in [5.41, 5.74) is 5.60. The third-order valence-electron chi connectivity index (χ3n) is 3.48. The van der Waals surface area contributed by atoms with Crippen LogP contribution in [0, 0.1) is 5.92 Å². The summed E-state index contributed by atoms with van der Waals surface area (Å²) < 4.78 is 5.70. The Balaban J connectivity index is 1.96. The molecule has 0 aromatic carbocycles. The molecular weight excluding hydrogens is 192 g/mol. The molecule has 2 saturated heterocycles. The largest absolute Gasteiger partial charge is 0.371 e. The van der Waals surface area contributed by atoms with Crippen LogP contribution >= 0.6 is 0 Å². The number of hydrogen-bond acceptors (Lipinski definition) is 3. The first kappa shape index (κ1) is 10.9. The van der Waals surface area contributed by atoms with Gasteiger partial charge in [0.25, 0.3) is 0 Å². The zero-order chi connectivity index (χ0) is 10.8. The number of rotatable bonds is 3. The van der Waals surface area contributed by atoms with Gasteiger partial charge in [0.15, 0.2) is 0 Å². The molecule has 2 fully saturated rings. The summed E-state index contributed by atoms with van der Waals surface area (Å²) in [5.74, 6) is 0.225. The van der Waals surface area contributed by atoms with E-state index < -0.39 is 0 Å². The van der Waals surface area contributed by atoms with Crippen molar-refractivity contribution in [2.45, 2.75) is 38.4 Å². The second-order valence-electron chi connectivity index (χ2n) is 4.54. The van der Waals surface area contributed by atoms with Crippen molar-refractivity contribution in [1.29, 1.82) is 0 Å². The number of nitrogens with zero attached hydrogens (tertiary/aromatic N) is 1. The summed E-state index contributed by atoms with van der Waals surface area (Å²) >= 11 is 0. The van der Waals surface area contributed by atoms with E-state index in [1.165, 1.54) is 0 Å². The minimum atomic E-state index is 0.00231. The number of ether oxygens (including phenoxy) is 1. The molecule has 0 aromatic rings. The molecule has 0 aliphatic carbocycles. The van der Waals surface area contributed by atoms with Crippen LogP contribution in [0.25, 0.3) is 0 Å². The molecule has 0 spiro atoms. The lowest BCUT2D eigenvalue weighted by Gasteiger charge is -2.34. The molecule has 0 radical (unpaired) electrons. The number of carbonyl (C=O) groups is 1. The fourth-order valence-electron chi connectivity index (χ4n) is 2.50. The van der Waals surface area contributed by atoms with Crippen LogP contribution in [-0.4, -0.2) is 42.6 Å². The normalized spacial score (nSPS) is 31.7. The molecule has 4 heteroatoms. The second-order valence-corrected chi connectivity index (χ2v) is 4.54. The van der Waals surface area contributed by atoms with E-state index in [4.69, 9.17) is 10.5 Å². The number of nitrogens with two attached hydrogens (primary N) is 1. The lowest BCUT2D eigenvalue weighted by Crippen LogP contribution is -2.49. The molecule has 2 bridgehead atoms. The number of morpholine rings is 1. The number of amides is 1. The molecule has 3 atom stereocenters. The third kappa shape index (κ3) is 2.16. The van der Waals surface area contributed by atoms with Crippen LogP contribution < -0.4 is 5.73 Å². The molecule has 2 N–H and O–H groups in total. The van der Waals surface area contributed by atoms with Gasteiger partial charge in [0.2, 0.25) is 5.91 Å². The summed E-state index contributed by atoms with van der Waals surface area (Å²) in [6.45, 7) is 4.02. The fourth-order valence-corrected chi connectivity index (χ4v) is 2.50. The Morgan fingerprint density at radius 2 is 2.07 bits per heavy atom. The smallest absolute Gasteiger partial charge is 0.227 e. The van der Waals surface area contributed by atoms with Gasteiger partial charge in [-0.2, -0.15) is 0 Å². The Kier molecular flexibility index (Phi) is 3.26. The number of fused-ring (bicyclic) bond motifs is 2. The highest BCUT2D eigenvalue weighted by atomic mass is 16.5. The van der Waals surface area contributed by atoms with E-state index in [9.17, 15) is 4.79 Å². The summed E-state index contributed by atoms with van der Waals surface area (Å²) in [6.07, 6.45) is 3.61. The average Bonchev–Trinajstić information content (AvgIpc) is 2.59. The van der Waals surface area contributed by atoms with Crippen molar-refractivity contribution in [3.63, 3.8) is 0 Å². The van der Waals surface area contributed by atoms with Gasteiger partial charge in [-0.15, -0.1) is 0 Å². The Morgan fingerprint density at radius 1 is 1.47 bits per heavy atom. The maximum atomic E-state index is 12.1. The fraction of sp³-hybridized carbons (Fsp3) is 0.909. The van der Waals surface area contributed by atoms with Gasteiger partial charge in [-0.1, -0.05) is 6.92 Å². The van der Waals surface area contributed by atoms with Crippen LogP contribution in [0.4, 0.5) is 0 Å². The van der Waals surface area contributed by atoms with Gasteiger partial charge in [0.1, 0.15) is 0 Å². The van der Waals surface area contributed by atoms with Crippen molar-refractivity contribution in [2.75, 3.05) is 19.6 Å². The minimum Gasteiger partial charge on any atom is -0.371 e. The number of likely N-dealkylation sites (tertiary alicyclic amines) is 1. The maximum Gasteiger partial charge on any atom is 0.227 e. The molecule has 0 aromatic heterocycles. The van der Waals surface area contributed by atoms with Crippen LogP contribution in [0.15, 0.2) is 0 Å². The summed E-state index contributed by atoms with van der Waals surface area (Å²) in [6, 6.07) is 0. The van der Waals surface area contributed by atoms with Crippen LogP contribution in [0.3, 0.4) is 0 Å². The molecule has 2 rings (SSSR count). The van der Waals surface area contributed by atoms with E-state index in [2.05, 4.69) is 0 Å². The van der Waals surface area contributed by atoms with Crippen molar-refractivity contribution in [3.8, 4) is 0 Å². The minimum absolute atomic E-state index is 0.00231. The van der Waals surface area contributed by atoms with Gasteiger partial charge >= 0.3 is 0 Å². The molecule has 4 nitrogen and oxygen atoms in total. The highest BCUT2D eigenvalue weighted by Gasteiger charge is 2.36. The van der Waals surface area contributed by atoms with Crippen LogP contribution in [0.1, 0.15) is 26.2 Å². The Labute approximate surface area is 90.8 Å². The van der Waals surface area contributed by atoms with Gasteiger partial charge in [-0.3, -0.25) is 4.79 Å². The molecule has 86 valence electrons. The Bertz CT molecular complexity index is 229. The van der Waals surface area contributed by atoms with Gasteiger partial charge in [0.05, 0.1) is 18.1 Å². The monoisotopic (exact) mass is 212 g/mol. The van der Waals surface area contributed by atoms with Crippen molar-refractivity contribution in [2.24, 2.45) is 11.7 Å². The lowest BCUT2D eigenvalue weighted by atomic mass is 10.0. The predicted molar refractivity (Wildman–Crippen MR) is 57.3 cm³/mol. The average molecular weight is 212 g/mol. The van der Waals surface area contributed by atoms with Crippen LogP contribution in [-0.2, 0) is 9.53 Å². The highest BCUT2D eigenvalue weighted by molar-refractivity contribution is 5.79. The molecular formula is C11H20N2O2. The van der Waals surface area contributed by atoms with Gasteiger partial charge < -0.3 is 15.4 Å². The van der Waals surface area contributed by atoms with E-state index >= 15 is 0 Å². The summed E-state index contributed by atoms with van der Waals surface area (Å²) in [7, 11) is 0. The van der Waals surface area contributed by atoms with Crippen LogP contribution in [0.2, 0.25) is 0 Å². The number of carbonyl (C=O) groups excluding carboxylic acids is 1. The Morgan fingerprint density at radius 3 is 2.53 bits per heavy atom. The maximum absolute atomic E-state index is 12.1. The van der Waals surface area contributed by atoms with E-state index in [-0.39, 0.29) is 24.0 Å².